The number of halogens is 1. The first-order valence-electron chi connectivity index (χ1n) is 19.3. The second-order valence-electron chi connectivity index (χ2n) is 15.7. The van der Waals surface area contributed by atoms with Gasteiger partial charge in [-0.05, 0) is 124 Å². The summed E-state index contributed by atoms with van der Waals surface area (Å²) < 4.78 is 48.5. The Bertz CT molecular complexity index is 1970. The fourth-order valence-electron chi connectivity index (χ4n) is 4.84. The van der Waals surface area contributed by atoms with E-state index in [4.69, 9.17) is 42.0 Å². The lowest BCUT2D eigenvalue weighted by molar-refractivity contribution is 0.00578. The zero-order chi connectivity index (χ0) is 44.2. The summed E-state index contributed by atoms with van der Waals surface area (Å²) in [6, 6.07) is 12.4. The van der Waals surface area contributed by atoms with Gasteiger partial charge < -0.3 is 46.6 Å². The van der Waals surface area contributed by atoms with Crippen molar-refractivity contribution in [2.24, 2.45) is 0 Å². The molecule has 0 aliphatic carbocycles. The smallest absolute Gasteiger partial charge is 0.455 e. The Morgan fingerprint density at radius 3 is 1.58 bits per heavy atom. The molecule has 0 unspecified atom stereocenters. The van der Waals surface area contributed by atoms with Gasteiger partial charge in [0.15, 0.2) is 0 Å². The van der Waals surface area contributed by atoms with Crippen molar-refractivity contribution in [3.8, 4) is 0 Å². The van der Waals surface area contributed by atoms with Gasteiger partial charge in [-0.15, -0.1) is 0 Å². The van der Waals surface area contributed by atoms with Crippen LogP contribution in [0.25, 0.3) is 0 Å². The average Bonchev–Trinajstić information content (AvgIpc) is 4.03. The third-order valence-corrected chi connectivity index (χ3v) is 11.0. The van der Waals surface area contributed by atoms with E-state index >= 15 is 0 Å². The summed E-state index contributed by atoms with van der Waals surface area (Å²) >= 11 is 3.35. The SMILES string of the molecule is CC1(C)O[B]OC1(C)C.CCc1cc(C)on1.CCc1noc(C)c1Br.Cc1cc(CO)no1.Cc1onc(COC(=O)c2ccccc2)c1B1OC(C)(C)C(C)(C)O1. The number of aryl methyl sites for hydroxylation is 6. The molecule has 2 aliphatic rings. The Hall–Kier alpha value is -4.06. The Balaban J connectivity index is 0.000000224. The minimum Gasteiger partial charge on any atom is -0.455 e. The van der Waals surface area contributed by atoms with Gasteiger partial charge in [-0.25, -0.2) is 4.79 Å². The number of carbonyl (C=O) groups excluding carboxylic acids is 1. The van der Waals surface area contributed by atoms with Gasteiger partial charge in [-0.2, -0.15) is 0 Å². The van der Waals surface area contributed by atoms with E-state index in [1.165, 1.54) is 7.69 Å². The minimum absolute atomic E-state index is 0.00945. The lowest BCUT2D eigenvalue weighted by Crippen LogP contribution is -2.41. The number of ether oxygens (including phenoxy) is 1. The molecule has 0 amide bonds. The number of nitrogens with zero attached hydrogens (tertiary/aromatic N) is 4. The van der Waals surface area contributed by atoms with Crippen LogP contribution in [0.5, 0.6) is 0 Å². The van der Waals surface area contributed by atoms with E-state index in [9.17, 15) is 4.79 Å². The predicted octanol–water partition coefficient (Wildman–Crippen LogP) is 8.09. The summed E-state index contributed by atoms with van der Waals surface area (Å²) in [7, 11) is 0.807. The number of aromatic nitrogens is 4. The highest BCUT2D eigenvalue weighted by Crippen LogP contribution is 2.37. The van der Waals surface area contributed by atoms with Crippen LogP contribution in [0.4, 0.5) is 0 Å². The van der Waals surface area contributed by atoms with Crippen molar-refractivity contribution >= 4 is 42.2 Å². The molecule has 1 radical (unpaired) electrons. The average molecular weight is 884 g/mol. The molecule has 15 nitrogen and oxygen atoms in total. The summed E-state index contributed by atoms with van der Waals surface area (Å²) in [4.78, 5) is 12.1. The maximum atomic E-state index is 12.1. The number of hydrogen-bond acceptors (Lipinski definition) is 15. The summed E-state index contributed by atoms with van der Waals surface area (Å²) in [5.41, 5.74) is 2.95. The van der Waals surface area contributed by atoms with Crippen molar-refractivity contribution in [1.82, 2.24) is 20.6 Å². The van der Waals surface area contributed by atoms with Crippen LogP contribution < -0.4 is 5.46 Å². The third kappa shape index (κ3) is 13.7. The molecular weight excluding hydrogens is 826 g/mol. The topological polar surface area (TPSA) is 188 Å². The van der Waals surface area contributed by atoms with Gasteiger partial charge in [0.25, 0.3) is 0 Å². The normalized spacial score (nSPS) is 16.5. The van der Waals surface area contributed by atoms with E-state index in [0.29, 0.717) is 28.2 Å². The molecule has 2 fully saturated rings. The fraction of sp³-hybridized carbons (Fsp3) is 0.537. The largest absolute Gasteiger partial charge is 0.500 e. The van der Waals surface area contributed by atoms with Crippen molar-refractivity contribution in [2.45, 2.75) is 145 Å². The van der Waals surface area contributed by atoms with Crippen LogP contribution in [-0.4, -0.2) is 68.9 Å². The molecule has 18 heteroatoms. The van der Waals surface area contributed by atoms with E-state index in [1.807, 2.05) is 88.3 Å². The van der Waals surface area contributed by atoms with Gasteiger partial charge in [0.2, 0.25) is 0 Å². The second kappa shape index (κ2) is 21.5. The maximum Gasteiger partial charge on any atom is 0.500 e. The monoisotopic (exact) mass is 883 g/mol. The van der Waals surface area contributed by atoms with Crippen molar-refractivity contribution in [3.05, 3.63) is 98.3 Å². The number of aliphatic hydroxyl groups is 1. The van der Waals surface area contributed by atoms with Crippen LogP contribution >= 0.6 is 15.9 Å². The Labute approximate surface area is 356 Å². The first-order valence-corrected chi connectivity index (χ1v) is 20.1. The van der Waals surface area contributed by atoms with Crippen LogP contribution in [0, 0.1) is 27.7 Å². The molecule has 5 aromatic rings. The Morgan fingerprint density at radius 2 is 1.22 bits per heavy atom. The van der Waals surface area contributed by atoms with E-state index in [1.54, 1.807) is 44.2 Å². The van der Waals surface area contributed by atoms with Gasteiger partial charge >= 0.3 is 20.8 Å². The van der Waals surface area contributed by atoms with Gasteiger partial charge in [-0.3, -0.25) is 0 Å². The van der Waals surface area contributed by atoms with Gasteiger partial charge in [0.05, 0.1) is 55.9 Å². The standard InChI is InChI=1S/C18H22BNO5.C6H12BO2.C6H8BrNO.C6H9NO.C5H7NO2/c1-12-15(19-24-17(2,3)18(4,5)25-19)14(20-23-12)11-22-16(21)13-9-7-6-8-10-13;1-5(2)6(3,4)9-7-8-5;1-3-5-6(7)4(2)9-8-5;1-3-6-4-5(2)8-7-6;1-4-2-5(3-7)6-8-4/h6-10H,11H2,1-5H3;1-4H3;3H2,1-2H3;4H,3H2,1-2H3;2,7H,3H2,1H3. The molecule has 2 aliphatic heterocycles. The van der Waals surface area contributed by atoms with Crippen LogP contribution in [-0.2, 0) is 49.4 Å². The third-order valence-electron chi connectivity index (χ3n) is 10.0. The number of carbonyl (C=O) groups is 1. The van der Waals surface area contributed by atoms with Crippen molar-refractivity contribution in [2.75, 3.05) is 0 Å². The molecule has 0 spiro atoms. The molecule has 4 aromatic heterocycles. The highest BCUT2D eigenvalue weighted by Gasteiger charge is 2.53. The predicted molar refractivity (Wildman–Crippen MR) is 225 cm³/mol. The van der Waals surface area contributed by atoms with Gasteiger partial charge in [-0.1, -0.05) is 52.7 Å². The van der Waals surface area contributed by atoms with Crippen LogP contribution in [0.2, 0.25) is 0 Å². The zero-order valence-electron chi connectivity index (χ0n) is 36.7. The minimum atomic E-state index is -0.610. The van der Waals surface area contributed by atoms with Crippen molar-refractivity contribution in [1.29, 1.82) is 0 Å². The second-order valence-corrected chi connectivity index (χ2v) is 16.5. The van der Waals surface area contributed by atoms with Crippen LogP contribution in [0.1, 0.15) is 125 Å². The molecule has 2 saturated heterocycles. The number of hydrogen-bond donors (Lipinski definition) is 1. The van der Waals surface area contributed by atoms with E-state index < -0.39 is 24.3 Å². The number of rotatable bonds is 7. The molecule has 59 heavy (non-hydrogen) atoms. The summed E-state index contributed by atoms with van der Waals surface area (Å²) in [6.45, 7) is 27.3. The summed E-state index contributed by atoms with van der Waals surface area (Å²) in [5, 5.41) is 23.5. The van der Waals surface area contributed by atoms with Crippen molar-refractivity contribution in [3.63, 3.8) is 0 Å². The molecule has 0 atom stereocenters. The number of esters is 1. The van der Waals surface area contributed by atoms with E-state index in [0.717, 1.165) is 46.0 Å². The molecular formula is C41H58B2BrN4O11. The molecule has 1 N–H and O–H groups in total. The summed E-state index contributed by atoms with van der Waals surface area (Å²) in [6.07, 6.45) is 1.87. The molecule has 0 saturated carbocycles. The van der Waals surface area contributed by atoms with Crippen LogP contribution in [0.3, 0.4) is 0 Å². The first-order chi connectivity index (χ1) is 27.6. The van der Waals surface area contributed by atoms with Crippen molar-refractivity contribution < 1.29 is 51.3 Å². The highest BCUT2D eigenvalue weighted by atomic mass is 79.9. The quantitative estimate of drug-likeness (QED) is 0.122. The molecule has 0 bridgehead atoms. The Kier molecular flexibility index (Phi) is 17.9. The van der Waals surface area contributed by atoms with Gasteiger partial charge in [0, 0.05) is 12.1 Å². The summed E-state index contributed by atoms with van der Waals surface area (Å²) in [5.74, 6) is 2.65. The maximum absolute atomic E-state index is 12.1. The molecule has 7 rings (SSSR count). The number of benzene rings is 1. The van der Waals surface area contributed by atoms with Crippen LogP contribution in [0.15, 0.2) is 65.0 Å². The van der Waals surface area contributed by atoms with E-state index in [2.05, 4.69) is 48.0 Å². The molecule has 1 aromatic carbocycles. The lowest BCUT2D eigenvalue weighted by atomic mass is 9.77. The zero-order valence-corrected chi connectivity index (χ0v) is 38.3. The fourth-order valence-corrected chi connectivity index (χ4v) is 5.26. The molecule has 6 heterocycles. The molecule has 321 valence electrons. The lowest BCUT2D eigenvalue weighted by Gasteiger charge is -2.32. The highest BCUT2D eigenvalue weighted by molar-refractivity contribution is 9.10. The van der Waals surface area contributed by atoms with Gasteiger partial charge in [0.1, 0.15) is 41.0 Å². The van der Waals surface area contributed by atoms with E-state index in [-0.39, 0.29) is 24.4 Å². The first kappa shape index (κ1) is 49.3. The Morgan fingerprint density at radius 1 is 0.712 bits per heavy atom. The number of aliphatic hydroxyl groups excluding tert-OH is 1.